The predicted molar refractivity (Wildman–Crippen MR) is 78.6 cm³/mol. The molecule has 1 aliphatic rings. The largest absolute Gasteiger partial charge is 0.354 e. The van der Waals surface area contributed by atoms with E-state index in [2.05, 4.69) is 15.5 Å². The zero-order valence-electron chi connectivity index (χ0n) is 11.0. The van der Waals surface area contributed by atoms with E-state index in [1.54, 1.807) is 0 Å². The van der Waals surface area contributed by atoms with Gasteiger partial charge in [0.15, 0.2) is 10.6 Å². The summed E-state index contributed by atoms with van der Waals surface area (Å²) in [7, 11) is 0. The van der Waals surface area contributed by atoms with Gasteiger partial charge >= 0.3 is 0 Å². The van der Waals surface area contributed by atoms with E-state index in [1.807, 2.05) is 34.9 Å². The van der Waals surface area contributed by atoms with Crippen molar-refractivity contribution in [1.82, 2.24) is 20.1 Å². The minimum absolute atomic E-state index is 0.154. The molecule has 1 amide bonds. The fourth-order valence-corrected chi connectivity index (χ4v) is 2.34. The van der Waals surface area contributed by atoms with Crippen molar-refractivity contribution in [2.24, 2.45) is 5.92 Å². The molecule has 3 rings (SSSR count). The SMILES string of the molecule is O=C(NCCn1c(-c2ccccc2)n[nH]c1=S)C1CC1. The zero-order valence-corrected chi connectivity index (χ0v) is 11.8. The number of nitrogens with one attached hydrogen (secondary N) is 2. The van der Waals surface area contributed by atoms with Crippen molar-refractivity contribution >= 4 is 18.1 Å². The molecule has 1 saturated carbocycles. The van der Waals surface area contributed by atoms with Gasteiger partial charge in [0.1, 0.15) is 0 Å². The third-order valence-electron chi connectivity index (χ3n) is 3.37. The van der Waals surface area contributed by atoms with Gasteiger partial charge in [-0.2, -0.15) is 5.10 Å². The highest BCUT2D eigenvalue weighted by Gasteiger charge is 2.29. The van der Waals surface area contributed by atoms with Crippen molar-refractivity contribution in [3.63, 3.8) is 0 Å². The molecule has 6 heteroatoms. The Morgan fingerprint density at radius 2 is 2.15 bits per heavy atom. The van der Waals surface area contributed by atoms with Crippen LogP contribution >= 0.6 is 12.2 Å². The molecule has 0 spiro atoms. The number of amides is 1. The van der Waals surface area contributed by atoms with E-state index in [0.29, 0.717) is 17.9 Å². The zero-order chi connectivity index (χ0) is 13.9. The van der Waals surface area contributed by atoms with Crippen molar-refractivity contribution in [2.45, 2.75) is 19.4 Å². The van der Waals surface area contributed by atoms with Crippen LogP contribution in [0.25, 0.3) is 11.4 Å². The Morgan fingerprint density at radius 1 is 1.40 bits per heavy atom. The maximum absolute atomic E-state index is 11.6. The van der Waals surface area contributed by atoms with Gasteiger partial charge in [0.2, 0.25) is 5.91 Å². The van der Waals surface area contributed by atoms with Crippen LogP contribution in [0.4, 0.5) is 0 Å². The van der Waals surface area contributed by atoms with Gasteiger partial charge in [-0.1, -0.05) is 30.3 Å². The van der Waals surface area contributed by atoms with Crippen molar-refractivity contribution in [3.05, 3.63) is 35.1 Å². The van der Waals surface area contributed by atoms with Crippen LogP contribution in [-0.2, 0) is 11.3 Å². The Bertz CT molecular complexity index is 657. The molecule has 20 heavy (non-hydrogen) atoms. The van der Waals surface area contributed by atoms with Crippen LogP contribution < -0.4 is 5.32 Å². The first-order chi connectivity index (χ1) is 9.75. The fraction of sp³-hybridized carbons (Fsp3) is 0.357. The Labute approximate surface area is 122 Å². The van der Waals surface area contributed by atoms with E-state index >= 15 is 0 Å². The highest BCUT2D eigenvalue weighted by Crippen LogP contribution is 2.28. The summed E-state index contributed by atoms with van der Waals surface area (Å²) < 4.78 is 2.49. The lowest BCUT2D eigenvalue weighted by Gasteiger charge is -2.08. The number of hydrogen-bond donors (Lipinski definition) is 2. The molecule has 0 atom stereocenters. The molecule has 1 heterocycles. The minimum Gasteiger partial charge on any atom is -0.354 e. The quantitative estimate of drug-likeness (QED) is 0.829. The molecule has 0 aliphatic heterocycles. The topological polar surface area (TPSA) is 62.7 Å². The van der Waals surface area contributed by atoms with Crippen LogP contribution in [0.3, 0.4) is 0 Å². The molecule has 0 bridgehead atoms. The van der Waals surface area contributed by atoms with Crippen molar-refractivity contribution in [3.8, 4) is 11.4 Å². The van der Waals surface area contributed by atoms with E-state index in [0.717, 1.165) is 24.2 Å². The van der Waals surface area contributed by atoms with Crippen LogP contribution in [0, 0.1) is 10.7 Å². The first-order valence-corrected chi connectivity index (χ1v) is 7.15. The monoisotopic (exact) mass is 288 g/mol. The Balaban J connectivity index is 1.71. The van der Waals surface area contributed by atoms with Gasteiger partial charge in [0.05, 0.1) is 0 Å². The lowest BCUT2D eigenvalue weighted by molar-refractivity contribution is -0.122. The number of carbonyl (C=O) groups is 1. The van der Waals surface area contributed by atoms with Gasteiger partial charge in [-0.15, -0.1) is 0 Å². The molecule has 2 N–H and O–H groups in total. The van der Waals surface area contributed by atoms with Crippen LogP contribution in [0.15, 0.2) is 30.3 Å². The normalized spacial score (nSPS) is 14.2. The van der Waals surface area contributed by atoms with Crippen molar-refractivity contribution in [1.29, 1.82) is 0 Å². The molecule has 1 aliphatic carbocycles. The second-order valence-electron chi connectivity index (χ2n) is 4.94. The van der Waals surface area contributed by atoms with Gasteiger partial charge in [-0.25, -0.2) is 0 Å². The number of nitrogens with zero attached hydrogens (tertiary/aromatic N) is 2. The first kappa shape index (κ1) is 13.1. The van der Waals surface area contributed by atoms with Gasteiger partial charge in [0.25, 0.3) is 0 Å². The number of rotatable bonds is 5. The van der Waals surface area contributed by atoms with Crippen LogP contribution in [0.2, 0.25) is 0 Å². The summed E-state index contributed by atoms with van der Waals surface area (Å²) in [5.41, 5.74) is 1.01. The summed E-state index contributed by atoms with van der Waals surface area (Å²) in [4.78, 5) is 11.6. The average Bonchev–Trinajstić information content (AvgIpc) is 3.26. The maximum Gasteiger partial charge on any atom is 0.223 e. The second-order valence-corrected chi connectivity index (χ2v) is 5.32. The molecular weight excluding hydrogens is 272 g/mol. The third-order valence-corrected chi connectivity index (χ3v) is 3.68. The maximum atomic E-state index is 11.6. The molecule has 1 fully saturated rings. The standard InChI is InChI=1S/C14H16N4OS/c19-13(11-6-7-11)15-8-9-18-12(16-17-14(18)20)10-4-2-1-3-5-10/h1-5,11H,6-9H2,(H,15,19)(H,17,20). The second kappa shape index (κ2) is 5.58. The molecule has 1 aromatic carbocycles. The van der Waals surface area contributed by atoms with E-state index < -0.39 is 0 Å². The van der Waals surface area contributed by atoms with Crippen LogP contribution in [0.5, 0.6) is 0 Å². The lowest BCUT2D eigenvalue weighted by Crippen LogP contribution is -2.28. The van der Waals surface area contributed by atoms with E-state index in [1.165, 1.54) is 0 Å². The highest BCUT2D eigenvalue weighted by atomic mass is 32.1. The highest BCUT2D eigenvalue weighted by molar-refractivity contribution is 7.71. The average molecular weight is 288 g/mol. The Kier molecular flexibility index (Phi) is 3.64. The summed E-state index contributed by atoms with van der Waals surface area (Å²) in [5, 5.41) is 10.0. The first-order valence-electron chi connectivity index (χ1n) is 6.74. The number of hydrogen-bond acceptors (Lipinski definition) is 3. The molecule has 1 aromatic heterocycles. The summed E-state index contributed by atoms with van der Waals surface area (Å²) in [6.45, 7) is 1.20. The van der Waals surface area contributed by atoms with Crippen molar-refractivity contribution < 1.29 is 4.79 Å². The fourth-order valence-electron chi connectivity index (χ4n) is 2.11. The lowest BCUT2D eigenvalue weighted by atomic mass is 10.2. The summed E-state index contributed by atoms with van der Waals surface area (Å²) in [6, 6.07) is 9.87. The van der Waals surface area contributed by atoms with Gasteiger partial charge in [-0.05, 0) is 25.1 Å². The number of H-pyrrole nitrogens is 1. The minimum atomic E-state index is 0.154. The van der Waals surface area contributed by atoms with Crippen LogP contribution in [-0.4, -0.2) is 27.2 Å². The van der Waals surface area contributed by atoms with Gasteiger partial charge in [0, 0.05) is 24.6 Å². The predicted octanol–water partition coefficient (Wildman–Crippen LogP) is 2.13. The van der Waals surface area contributed by atoms with Crippen LogP contribution in [0.1, 0.15) is 12.8 Å². The molecule has 5 nitrogen and oxygen atoms in total. The number of benzene rings is 1. The summed E-state index contributed by atoms with van der Waals surface area (Å²) >= 11 is 5.25. The van der Waals surface area contributed by atoms with E-state index in [4.69, 9.17) is 12.2 Å². The molecular formula is C14H16N4OS. The smallest absolute Gasteiger partial charge is 0.223 e. The number of aromatic amines is 1. The Morgan fingerprint density at radius 3 is 2.85 bits per heavy atom. The summed E-state index contributed by atoms with van der Waals surface area (Å²) in [6.07, 6.45) is 2.04. The molecule has 104 valence electrons. The third kappa shape index (κ3) is 2.80. The summed E-state index contributed by atoms with van der Waals surface area (Å²) in [5.74, 6) is 1.19. The van der Waals surface area contributed by atoms with E-state index in [-0.39, 0.29) is 11.8 Å². The molecule has 0 saturated heterocycles. The molecule has 0 radical (unpaired) electrons. The molecule has 2 aromatic rings. The van der Waals surface area contributed by atoms with Crippen molar-refractivity contribution in [2.75, 3.05) is 6.54 Å². The number of aromatic nitrogens is 3. The van der Waals surface area contributed by atoms with E-state index in [9.17, 15) is 4.79 Å². The molecule has 0 unspecified atom stereocenters. The van der Waals surface area contributed by atoms with Gasteiger partial charge in [-0.3, -0.25) is 14.5 Å². The Hall–Kier alpha value is -1.95. The van der Waals surface area contributed by atoms with Gasteiger partial charge < -0.3 is 5.32 Å². The number of carbonyl (C=O) groups excluding carboxylic acids is 1.